The van der Waals surface area contributed by atoms with Gasteiger partial charge in [0, 0.05) is 26.2 Å². The van der Waals surface area contributed by atoms with E-state index in [4.69, 9.17) is 0 Å². The van der Waals surface area contributed by atoms with E-state index in [2.05, 4.69) is 34.6 Å². The molecule has 0 radical (unpaired) electrons. The van der Waals surface area contributed by atoms with E-state index in [-0.39, 0.29) is 18.4 Å². The quantitative estimate of drug-likeness (QED) is 0.769. The lowest BCUT2D eigenvalue weighted by atomic mass is 9.92. The molecule has 1 aliphatic heterocycles. The Morgan fingerprint density at radius 3 is 2.57 bits per heavy atom. The lowest BCUT2D eigenvalue weighted by Gasteiger charge is -2.19. The zero-order valence-corrected chi connectivity index (χ0v) is 16.8. The Labute approximate surface area is 166 Å². The molecule has 1 aromatic heterocycles. The molecule has 1 unspecified atom stereocenters. The maximum Gasteiger partial charge on any atom is 0.276 e. The summed E-state index contributed by atoms with van der Waals surface area (Å²) >= 11 is 0. The number of benzene rings is 1. The van der Waals surface area contributed by atoms with E-state index in [0.717, 1.165) is 25.8 Å². The summed E-state index contributed by atoms with van der Waals surface area (Å²) in [6.45, 7) is 6.76. The Morgan fingerprint density at radius 1 is 1.11 bits per heavy atom. The molecule has 1 aromatic carbocycles. The minimum atomic E-state index is -0.102. The van der Waals surface area contributed by atoms with Crippen molar-refractivity contribution in [3.63, 3.8) is 0 Å². The molecular weight excluding hydrogens is 354 g/mol. The zero-order valence-electron chi connectivity index (χ0n) is 16.8. The molecule has 2 amide bonds. The van der Waals surface area contributed by atoms with Crippen LogP contribution in [0.4, 0.5) is 0 Å². The van der Waals surface area contributed by atoms with Gasteiger partial charge in [-0.3, -0.25) is 9.59 Å². The first kappa shape index (κ1) is 20.0. The minimum Gasteiger partial charge on any atom is -0.342 e. The Bertz CT molecular complexity index is 785. The van der Waals surface area contributed by atoms with Gasteiger partial charge in [-0.25, -0.2) is 4.68 Å². The maximum absolute atomic E-state index is 12.9. The molecule has 7 nitrogen and oxygen atoms in total. The molecule has 1 atom stereocenters. The fourth-order valence-electron chi connectivity index (χ4n) is 3.81. The molecule has 3 rings (SSSR count). The lowest BCUT2D eigenvalue weighted by Crippen LogP contribution is -2.33. The first-order chi connectivity index (χ1) is 13.6. The van der Waals surface area contributed by atoms with Crippen molar-refractivity contribution in [2.24, 2.45) is 0 Å². The summed E-state index contributed by atoms with van der Waals surface area (Å²) in [7, 11) is 0. The van der Waals surface area contributed by atoms with Crippen molar-refractivity contribution < 1.29 is 9.59 Å². The number of likely N-dealkylation sites (N-methyl/N-ethyl adjacent to an activating group) is 1. The van der Waals surface area contributed by atoms with E-state index >= 15 is 0 Å². The van der Waals surface area contributed by atoms with Crippen molar-refractivity contribution in [1.82, 2.24) is 24.8 Å². The number of hydrogen-bond acceptors (Lipinski definition) is 4. The molecule has 28 heavy (non-hydrogen) atoms. The van der Waals surface area contributed by atoms with E-state index in [1.54, 1.807) is 11.1 Å². The zero-order chi connectivity index (χ0) is 19.9. The smallest absolute Gasteiger partial charge is 0.276 e. The van der Waals surface area contributed by atoms with Crippen molar-refractivity contribution in [3.05, 3.63) is 47.8 Å². The van der Waals surface area contributed by atoms with Gasteiger partial charge in [-0.15, -0.1) is 5.10 Å². The van der Waals surface area contributed by atoms with E-state index in [9.17, 15) is 9.59 Å². The average Bonchev–Trinajstić information content (AvgIpc) is 3.04. The van der Waals surface area contributed by atoms with Crippen LogP contribution in [0.15, 0.2) is 36.5 Å². The topological polar surface area (TPSA) is 71.3 Å². The summed E-state index contributed by atoms with van der Waals surface area (Å²) in [6, 6.07) is 10.5. The highest BCUT2D eigenvalue weighted by molar-refractivity contribution is 5.92. The van der Waals surface area contributed by atoms with E-state index in [1.165, 1.54) is 10.2 Å². The van der Waals surface area contributed by atoms with E-state index in [1.807, 2.05) is 24.8 Å². The van der Waals surface area contributed by atoms with Crippen LogP contribution in [0.2, 0.25) is 0 Å². The van der Waals surface area contributed by atoms with Gasteiger partial charge in [-0.05, 0) is 44.6 Å². The molecule has 0 spiro atoms. The summed E-state index contributed by atoms with van der Waals surface area (Å²) in [5, 5.41) is 7.99. The second kappa shape index (κ2) is 9.48. The van der Waals surface area contributed by atoms with Crippen LogP contribution in [-0.4, -0.2) is 62.8 Å². The molecular formula is C21H29N5O2. The van der Waals surface area contributed by atoms with Crippen LogP contribution in [-0.2, 0) is 11.3 Å². The second-order valence-electron chi connectivity index (χ2n) is 7.20. The number of nitrogens with zero attached hydrogens (tertiary/aromatic N) is 5. The second-order valence-corrected chi connectivity index (χ2v) is 7.20. The highest BCUT2D eigenvalue weighted by Crippen LogP contribution is 2.28. The number of carbonyl (C=O) groups excluding carboxylic acids is 2. The molecule has 2 heterocycles. The molecule has 2 aromatic rings. The van der Waals surface area contributed by atoms with Crippen LogP contribution >= 0.6 is 0 Å². The van der Waals surface area contributed by atoms with E-state index < -0.39 is 0 Å². The first-order valence-electron chi connectivity index (χ1n) is 10.1. The third-order valence-electron chi connectivity index (χ3n) is 5.46. The minimum absolute atomic E-state index is 0.0191. The van der Waals surface area contributed by atoms with Gasteiger partial charge in [0.15, 0.2) is 5.69 Å². The molecule has 150 valence electrons. The molecule has 1 aliphatic rings. The number of aromatic nitrogens is 3. The summed E-state index contributed by atoms with van der Waals surface area (Å²) in [5.41, 5.74) is 1.66. The average molecular weight is 383 g/mol. The number of carbonyl (C=O) groups is 2. The molecule has 0 bridgehead atoms. The number of hydrogen-bond donors (Lipinski definition) is 0. The van der Waals surface area contributed by atoms with Crippen molar-refractivity contribution in [1.29, 1.82) is 0 Å². The van der Waals surface area contributed by atoms with Crippen LogP contribution in [0.1, 0.15) is 55.1 Å². The summed E-state index contributed by atoms with van der Waals surface area (Å²) in [4.78, 5) is 28.7. The monoisotopic (exact) mass is 383 g/mol. The fraction of sp³-hybridized carbons (Fsp3) is 0.524. The van der Waals surface area contributed by atoms with Gasteiger partial charge in [0.1, 0.15) is 6.54 Å². The van der Waals surface area contributed by atoms with Crippen molar-refractivity contribution in [2.75, 3.05) is 26.2 Å². The molecule has 1 saturated heterocycles. The van der Waals surface area contributed by atoms with Crippen LogP contribution in [0.5, 0.6) is 0 Å². The Kier molecular flexibility index (Phi) is 6.79. The standard InChI is InChI=1S/C21H29N5O2/c1-3-24(4-2)20(27)16-26-15-19(22-23-26)21(28)25-13-8-11-18(12-14-25)17-9-6-5-7-10-17/h5-7,9-10,15,18H,3-4,8,11-14,16H2,1-2H3. The summed E-state index contributed by atoms with van der Waals surface area (Å²) in [6.07, 6.45) is 4.59. The molecule has 7 heteroatoms. The van der Waals surface area contributed by atoms with Crippen molar-refractivity contribution in [2.45, 2.75) is 45.6 Å². The normalized spacial score (nSPS) is 17.2. The van der Waals surface area contributed by atoms with Crippen molar-refractivity contribution in [3.8, 4) is 0 Å². The van der Waals surface area contributed by atoms with Gasteiger partial charge in [-0.1, -0.05) is 35.5 Å². The molecule has 0 saturated carbocycles. The largest absolute Gasteiger partial charge is 0.342 e. The highest BCUT2D eigenvalue weighted by atomic mass is 16.2. The molecule has 0 aliphatic carbocycles. The van der Waals surface area contributed by atoms with E-state index in [0.29, 0.717) is 31.2 Å². The van der Waals surface area contributed by atoms with Crippen molar-refractivity contribution >= 4 is 11.8 Å². The van der Waals surface area contributed by atoms with Gasteiger partial charge in [-0.2, -0.15) is 0 Å². The predicted molar refractivity (Wildman–Crippen MR) is 107 cm³/mol. The lowest BCUT2D eigenvalue weighted by molar-refractivity contribution is -0.131. The highest BCUT2D eigenvalue weighted by Gasteiger charge is 2.24. The SMILES string of the molecule is CCN(CC)C(=O)Cn1cc(C(=O)N2CCCC(c3ccccc3)CC2)nn1. The van der Waals surface area contributed by atoms with Gasteiger partial charge >= 0.3 is 0 Å². The number of likely N-dealkylation sites (tertiary alicyclic amines) is 1. The first-order valence-corrected chi connectivity index (χ1v) is 10.1. The van der Waals surface area contributed by atoms with Gasteiger partial charge < -0.3 is 9.80 Å². The predicted octanol–water partition coefficient (Wildman–Crippen LogP) is 2.56. The summed E-state index contributed by atoms with van der Waals surface area (Å²) < 4.78 is 1.46. The van der Waals surface area contributed by atoms with Crippen LogP contribution in [0.3, 0.4) is 0 Å². The Balaban J connectivity index is 1.60. The van der Waals surface area contributed by atoms with Gasteiger partial charge in [0.2, 0.25) is 5.91 Å². The Morgan fingerprint density at radius 2 is 1.86 bits per heavy atom. The van der Waals surface area contributed by atoms with Crippen LogP contribution in [0, 0.1) is 0 Å². The fourth-order valence-corrected chi connectivity index (χ4v) is 3.81. The number of rotatable bonds is 6. The molecule has 0 N–H and O–H groups in total. The van der Waals surface area contributed by atoms with Crippen LogP contribution in [0.25, 0.3) is 0 Å². The maximum atomic E-state index is 12.9. The third-order valence-corrected chi connectivity index (χ3v) is 5.46. The number of amides is 2. The summed E-state index contributed by atoms with van der Waals surface area (Å²) in [5.74, 6) is 0.367. The van der Waals surface area contributed by atoms with Crippen LogP contribution < -0.4 is 0 Å². The van der Waals surface area contributed by atoms with Gasteiger partial charge in [0.05, 0.1) is 6.20 Å². The third kappa shape index (κ3) is 4.77. The Hall–Kier alpha value is -2.70. The molecule has 1 fully saturated rings. The van der Waals surface area contributed by atoms with Gasteiger partial charge in [0.25, 0.3) is 5.91 Å².